The number of ether oxygens (including phenoxy) is 1. The second kappa shape index (κ2) is 7.06. The molecule has 3 heteroatoms. The molecule has 0 aliphatic heterocycles. The summed E-state index contributed by atoms with van der Waals surface area (Å²) in [5, 5.41) is 0.640. The first-order valence-corrected chi connectivity index (χ1v) is 8.82. The number of methoxy groups -OCH3 is 1. The Bertz CT molecular complexity index is 438. The lowest BCUT2D eigenvalue weighted by atomic mass is 9.69. The highest BCUT2D eigenvalue weighted by molar-refractivity contribution is 8.00. The molecule has 0 aromatic heterocycles. The first-order chi connectivity index (χ1) is 9.94. The Morgan fingerprint density at radius 3 is 2.38 bits per heavy atom. The standard InChI is InChI=1S/C18H29NOS/c1-18(2,3)14-6-5-13(12-19)17(11-14)21-16-9-7-15(20-4)8-10-16/h7-10,13-14,17H,5-6,11-12,19H2,1-4H3. The molecule has 1 fully saturated rings. The summed E-state index contributed by atoms with van der Waals surface area (Å²) in [5.74, 6) is 2.37. The van der Waals surface area contributed by atoms with Crippen LogP contribution in [0.3, 0.4) is 0 Å². The zero-order valence-corrected chi connectivity index (χ0v) is 14.6. The van der Waals surface area contributed by atoms with E-state index in [2.05, 4.69) is 32.9 Å². The lowest BCUT2D eigenvalue weighted by Gasteiger charge is -2.41. The maximum Gasteiger partial charge on any atom is 0.118 e. The molecule has 118 valence electrons. The maximum atomic E-state index is 6.01. The van der Waals surface area contributed by atoms with Gasteiger partial charge in [-0.2, -0.15) is 0 Å². The van der Waals surface area contributed by atoms with Crippen molar-refractivity contribution in [2.24, 2.45) is 23.0 Å². The van der Waals surface area contributed by atoms with E-state index in [1.165, 1.54) is 24.2 Å². The summed E-state index contributed by atoms with van der Waals surface area (Å²) in [5.41, 5.74) is 6.42. The summed E-state index contributed by atoms with van der Waals surface area (Å²) in [6.45, 7) is 7.92. The molecule has 21 heavy (non-hydrogen) atoms. The van der Waals surface area contributed by atoms with E-state index < -0.39 is 0 Å². The summed E-state index contributed by atoms with van der Waals surface area (Å²) in [4.78, 5) is 1.33. The quantitative estimate of drug-likeness (QED) is 0.884. The van der Waals surface area contributed by atoms with Gasteiger partial charge in [-0.05, 0) is 67.3 Å². The van der Waals surface area contributed by atoms with E-state index in [1.807, 2.05) is 23.9 Å². The molecule has 0 radical (unpaired) electrons. The minimum Gasteiger partial charge on any atom is -0.497 e. The van der Waals surface area contributed by atoms with Crippen LogP contribution in [-0.2, 0) is 0 Å². The molecule has 2 nitrogen and oxygen atoms in total. The molecule has 0 bridgehead atoms. The number of rotatable bonds is 4. The lowest BCUT2D eigenvalue weighted by molar-refractivity contribution is 0.157. The van der Waals surface area contributed by atoms with E-state index >= 15 is 0 Å². The van der Waals surface area contributed by atoms with Gasteiger partial charge in [-0.3, -0.25) is 0 Å². The molecular formula is C18H29NOS. The first-order valence-electron chi connectivity index (χ1n) is 7.95. The Labute approximate surface area is 133 Å². The van der Waals surface area contributed by atoms with Crippen molar-refractivity contribution in [2.75, 3.05) is 13.7 Å². The van der Waals surface area contributed by atoms with Crippen molar-refractivity contribution in [3.05, 3.63) is 24.3 Å². The van der Waals surface area contributed by atoms with Gasteiger partial charge in [-0.15, -0.1) is 11.8 Å². The maximum absolute atomic E-state index is 6.01. The fourth-order valence-electron chi connectivity index (χ4n) is 3.22. The van der Waals surface area contributed by atoms with Crippen molar-refractivity contribution in [2.45, 2.75) is 50.2 Å². The zero-order chi connectivity index (χ0) is 15.5. The first kappa shape index (κ1) is 16.7. The van der Waals surface area contributed by atoms with Crippen LogP contribution in [0.2, 0.25) is 0 Å². The third kappa shape index (κ3) is 4.40. The van der Waals surface area contributed by atoms with Crippen molar-refractivity contribution in [1.29, 1.82) is 0 Å². The number of hydrogen-bond donors (Lipinski definition) is 1. The van der Waals surface area contributed by atoms with Gasteiger partial charge in [0.05, 0.1) is 7.11 Å². The van der Waals surface area contributed by atoms with Gasteiger partial charge in [0.2, 0.25) is 0 Å². The second-order valence-electron chi connectivity index (χ2n) is 7.20. The Balaban J connectivity index is 2.06. The summed E-state index contributed by atoms with van der Waals surface area (Å²) < 4.78 is 5.23. The Hall–Kier alpha value is -0.670. The molecule has 0 spiro atoms. The van der Waals surface area contributed by atoms with Crippen molar-refractivity contribution < 1.29 is 4.74 Å². The largest absolute Gasteiger partial charge is 0.497 e. The molecule has 1 aliphatic rings. The van der Waals surface area contributed by atoms with Gasteiger partial charge in [0.1, 0.15) is 5.75 Å². The molecule has 1 aliphatic carbocycles. The minimum absolute atomic E-state index is 0.401. The molecule has 0 heterocycles. The van der Waals surface area contributed by atoms with Crippen molar-refractivity contribution in [3.8, 4) is 5.75 Å². The SMILES string of the molecule is COc1ccc(SC2CC(C(C)(C)C)CCC2CN)cc1. The van der Waals surface area contributed by atoms with E-state index in [4.69, 9.17) is 10.5 Å². The molecular weight excluding hydrogens is 278 g/mol. The zero-order valence-electron chi connectivity index (χ0n) is 13.8. The highest BCUT2D eigenvalue weighted by atomic mass is 32.2. The Kier molecular flexibility index (Phi) is 5.61. The third-order valence-electron chi connectivity index (χ3n) is 4.80. The predicted octanol–water partition coefficient (Wildman–Crippen LogP) is 4.58. The number of hydrogen-bond acceptors (Lipinski definition) is 3. The number of thioether (sulfide) groups is 1. The fourth-order valence-corrected chi connectivity index (χ4v) is 4.63. The van der Waals surface area contributed by atoms with Crippen molar-refractivity contribution in [3.63, 3.8) is 0 Å². The molecule has 2 N–H and O–H groups in total. The predicted molar refractivity (Wildman–Crippen MR) is 92.0 cm³/mol. The van der Waals surface area contributed by atoms with Crippen LogP contribution in [0.4, 0.5) is 0 Å². The lowest BCUT2D eigenvalue weighted by Crippen LogP contribution is -2.36. The van der Waals surface area contributed by atoms with Crippen LogP contribution in [0.5, 0.6) is 5.75 Å². The van der Waals surface area contributed by atoms with Crippen LogP contribution in [0.1, 0.15) is 40.0 Å². The Morgan fingerprint density at radius 1 is 1.19 bits per heavy atom. The second-order valence-corrected chi connectivity index (χ2v) is 8.52. The van der Waals surface area contributed by atoms with Crippen LogP contribution < -0.4 is 10.5 Å². The van der Waals surface area contributed by atoms with Crippen molar-refractivity contribution >= 4 is 11.8 Å². The normalized spacial score (nSPS) is 26.6. The molecule has 3 atom stereocenters. The van der Waals surface area contributed by atoms with Gasteiger partial charge in [0, 0.05) is 10.1 Å². The molecule has 1 aromatic carbocycles. The van der Waals surface area contributed by atoms with E-state index in [0.29, 0.717) is 16.6 Å². The van der Waals surface area contributed by atoms with Gasteiger partial charge in [-0.25, -0.2) is 0 Å². The number of benzene rings is 1. The molecule has 0 amide bonds. The van der Waals surface area contributed by atoms with Crippen LogP contribution in [0, 0.1) is 17.3 Å². The number of nitrogens with two attached hydrogens (primary N) is 1. The van der Waals surface area contributed by atoms with Crippen LogP contribution >= 0.6 is 11.8 Å². The van der Waals surface area contributed by atoms with Gasteiger partial charge >= 0.3 is 0 Å². The van der Waals surface area contributed by atoms with Crippen LogP contribution in [0.15, 0.2) is 29.2 Å². The van der Waals surface area contributed by atoms with Gasteiger partial charge in [0.15, 0.2) is 0 Å². The van der Waals surface area contributed by atoms with Gasteiger partial charge in [0.25, 0.3) is 0 Å². The summed E-state index contributed by atoms with van der Waals surface area (Å²) in [6, 6.07) is 8.42. The fraction of sp³-hybridized carbons (Fsp3) is 0.667. The van der Waals surface area contributed by atoms with Crippen LogP contribution in [-0.4, -0.2) is 18.9 Å². The molecule has 1 saturated carbocycles. The van der Waals surface area contributed by atoms with Crippen molar-refractivity contribution in [1.82, 2.24) is 0 Å². The minimum atomic E-state index is 0.401. The highest BCUT2D eigenvalue weighted by Gasteiger charge is 2.35. The highest BCUT2D eigenvalue weighted by Crippen LogP contribution is 2.45. The summed E-state index contributed by atoms with van der Waals surface area (Å²) >= 11 is 2.00. The molecule has 1 aromatic rings. The average Bonchev–Trinajstić information content (AvgIpc) is 2.47. The molecule has 0 saturated heterocycles. The van der Waals surface area contributed by atoms with Gasteiger partial charge in [-0.1, -0.05) is 20.8 Å². The van der Waals surface area contributed by atoms with Crippen LogP contribution in [0.25, 0.3) is 0 Å². The smallest absolute Gasteiger partial charge is 0.118 e. The summed E-state index contributed by atoms with van der Waals surface area (Å²) in [6.07, 6.45) is 3.87. The van der Waals surface area contributed by atoms with E-state index in [-0.39, 0.29) is 0 Å². The average molecular weight is 308 g/mol. The topological polar surface area (TPSA) is 35.2 Å². The third-order valence-corrected chi connectivity index (χ3v) is 6.23. The monoisotopic (exact) mass is 307 g/mol. The van der Waals surface area contributed by atoms with E-state index in [1.54, 1.807) is 7.11 Å². The Morgan fingerprint density at radius 2 is 1.86 bits per heavy atom. The van der Waals surface area contributed by atoms with E-state index in [0.717, 1.165) is 18.2 Å². The molecule has 3 unspecified atom stereocenters. The van der Waals surface area contributed by atoms with Gasteiger partial charge < -0.3 is 10.5 Å². The molecule has 2 rings (SSSR count). The summed E-state index contributed by atoms with van der Waals surface area (Å²) in [7, 11) is 1.71. The van der Waals surface area contributed by atoms with E-state index in [9.17, 15) is 0 Å².